The first-order valence-corrected chi connectivity index (χ1v) is 9.93. The number of pyridine rings is 1. The van der Waals surface area contributed by atoms with Crippen molar-refractivity contribution in [2.45, 2.75) is 4.90 Å². The number of methoxy groups -OCH3 is 1. The number of hydrogen-bond donors (Lipinski definition) is 3. The van der Waals surface area contributed by atoms with Gasteiger partial charge in [0.1, 0.15) is 29.5 Å². The SMILES string of the molecule is COc1ccc(S(=O)(=O)NCCNc2cc(Nc3ccccn3)ncn2)cc1. The largest absolute Gasteiger partial charge is 0.497 e. The third kappa shape index (κ3) is 5.38. The first kappa shape index (κ1) is 19.5. The second-order valence-electron chi connectivity index (χ2n) is 5.63. The molecule has 0 fully saturated rings. The fourth-order valence-corrected chi connectivity index (χ4v) is 3.34. The molecule has 0 bridgehead atoms. The molecule has 0 aliphatic rings. The molecule has 0 aliphatic heterocycles. The van der Waals surface area contributed by atoms with Crippen LogP contribution in [0.1, 0.15) is 0 Å². The lowest BCUT2D eigenvalue weighted by molar-refractivity contribution is 0.414. The van der Waals surface area contributed by atoms with E-state index < -0.39 is 10.0 Å². The zero-order chi connectivity index (χ0) is 19.8. The summed E-state index contributed by atoms with van der Waals surface area (Å²) in [6, 6.07) is 13.4. The van der Waals surface area contributed by atoms with E-state index in [0.29, 0.717) is 29.7 Å². The van der Waals surface area contributed by atoms with Gasteiger partial charge in [-0.25, -0.2) is 28.1 Å². The molecule has 0 radical (unpaired) electrons. The van der Waals surface area contributed by atoms with Crippen molar-refractivity contribution in [3.8, 4) is 5.75 Å². The van der Waals surface area contributed by atoms with Gasteiger partial charge in [0.05, 0.1) is 12.0 Å². The first-order chi connectivity index (χ1) is 13.6. The van der Waals surface area contributed by atoms with Gasteiger partial charge in [0.25, 0.3) is 0 Å². The Labute approximate surface area is 163 Å². The maximum atomic E-state index is 12.3. The highest BCUT2D eigenvalue weighted by molar-refractivity contribution is 7.89. The van der Waals surface area contributed by atoms with Crippen LogP contribution >= 0.6 is 0 Å². The van der Waals surface area contributed by atoms with Crippen molar-refractivity contribution in [1.29, 1.82) is 0 Å². The summed E-state index contributed by atoms with van der Waals surface area (Å²) in [5.74, 6) is 2.41. The minimum Gasteiger partial charge on any atom is -0.497 e. The topological polar surface area (TPSA) is 118 Å². The van der Waals surface area contributed by atoms with Gasteiger partial charge in [-0.1, -0.05) is 6.07 Å². The van der Waals surface area contributed by atoms with E-state index in [9.17, 15) is 8.42 Å². The number of anilines is 3. The summed E-state index contributed by atoms with van der Waals surface area (Å²) < 4.78 is 32.1. The molecular formula is C18H20N6O3S. The Balaban J connectivity index is 1.51. The van der Waals surface area contributed by atoms with Gasteiger partial charge in [0.2, 0.25) is 10.0 Å². The van der Waals surface area contributed by atoms with E-state index in [-0.39, 0.29) is 11.4 Å². The lowest BCUT2D eigenvalue weighted by atomic mass is 10.3. The number of benzene rings is 1. The number of rotatable bonds is 9. The second kappa shape index (κ2) is 9.11. The van der Waals surface area contributed by atoms with E-state index in [0.717, 1.165) is 0 Å². The minimum atomic E-state index is -3.59. The summed E-state index contributed by atoms with van der Waals surface area (Å²) in [5.41, 5.74) is 0. The molecule has 3 N–H and O–H groups in total. The van der Waals surface area contributed by atoms with Gasteiger partial charge < -0.3 is 15.4 Å². The van der Waals surface area contributed by atoms with Crippen LogP contribution < -0.4 is 20.1 Å². The van der Waals surface area contributed by atoms with Crippen LogP contribution in [0.5, 0.6) is 5.75 Å². The van der Waals surface area contributed by atoms with Crippen LogP contribution in [0.4, 0.5) is 17.5 Å². The van der Waals surface area contributed by atoms with Crippen LogP contribution in [0, 0.1) is 0 Å². The van der Waals surface area contributed by atoms with Crippen LogP contribution in [0.15, 0.2) is 66.0 Å². The predicted octanol–water partition coefficient (Wildman–Crippen LogP) is 2.01. The summed E-state index contributed by atoms with van der Waals surface area (Å²) in [7, 11) is -2.06. The van der Waals surface area contributed by atoms with Crippen molar-refractivity contribution in [3.63, 3.8) is 0 Å². The smallest absolute Gasteiger partial charge is 0.240 e. The molecule has 9 nitrogen and oxygen atoms in total. The third-order valence-corrected chi connectivity index (χ3v) is 5.16. The molecule has 3 aromatic rings. The van der Waals surface area contributed by atoms with Gasteiger partial charge in [-0.2, -0.15) is 0 Å². The summed E-state index contributed by atoms with van der Waals surface area (Å²) in [6.45, 7) is 0.552. The van der Waals surface area contributed by atoms with Gasteiger partial charge >= 0.3 is 0 Å². The molecule has 0 saturated carbocycles. The van der Waals surface area contributed by atoms with Crippen molar-refractivity contribution in [1.82, 2.24) is 19.7 Å². The second-order valence-corrected chi connectivity index (χ2v) is 7.40. The van der Waals surface area contributed by atoms with Crippen molar-refractivity contribution in [2.24, 2.45) is 0 Å². The van der Waals surface area contributed by atoms with Crippen molar-refractivity contribution in [3.05, 3.63) is 61.1 Å². The Kier molecular flexibility index (Phi) is 6.35. The summed E-state index contributed by atoms with van der Waals surface area (Å²) in [6.07, 6.45) is 3.09. The molecule has 10 heteroatoms. The summed E-state index contributed by atoms with van der Waals surface area (Å²) in [4.78, 5) is 12.6. The highest BCUT2D eigenvalue weighted by Crippen LogP contribution is 2.15. The van der Waals surface area contributed by atoms with Crippen molar-refractivity contribution >= 4 is 27.5 Å². The van der Waals surface area contributed by atoms with Crippen molar-refractivity contribution < 1.29 is 13.2 Å². The van der Waals surface area contributed by atoms with Crippen LogP contribution in [0.3, 0.4) is 0 Å². The molecule has 0 amide bonds. The molecular weight excluding hydrogens is 380 g/mol. The van der Waals surface area contributed by atoms with E-state index in [1.165, 1.54) is 25.6 Å². The zero-order valence-corrected chi connectivity index (χ0v) is 16.0. The number of sulfonamides is 1. The highest BCUT2D eigenvalue weighted by atomic mass is 32.2. The van der Waals surface area contributed by atoms with Gasteiger partial charge in [0.15, 0.2) is 0 Å². The number of nitrogens with zero attached hydrogens (tertiary/aromatic N) is 3. The third-order valence-electron chi connectivity index (χ3n) is 3.68. The average molecular weight is 400 g/mol. The fraction of sp³-hybridized carbons (Fsp3) is 0.167. The molecule has 3 rings (SSSR count). The van der Waals surface area contributed by atoms with E-state index in [1.54, 1.807) is 24.4 Å². The maximum Gasteiger partial charge on any atom is 0.240 e. The average Bonchev–Trinajstić information content (AvgIpc) is 2.72. The normalized spacial score (nSPS) is 11.0. The van der Waals surface area contributed by atoms with Gasteiger partial charge in [0, 0.05) is 25.4 Å². The summed E-state index contributed by atoms with van der Waals surface area (Å²) >= 11 is 0. The Morgan fingerprint density at radius 1 is 0.929 bits per heavy atom. The van der Waals surface area contributed by atoms with Crippen molar-refractivity contribution in [2.75, 3.05) is 30.8 Å². The summed E-state index contributed by atoms with van der Waals surface area (Å²) in [5, 5.41) is 6.12. The Bertz CT molecular complexity index is 997. The number of ether oxygens (including phenoxy) is 1. The van der Waals surface area contributed by atoms with Gasteiger partial charge in [-0.15, -0.1) is 0 Å². The first-order valence-electron chi connectivity index (χ1n) is 8.44. The minimum absolute atomic E-state index is 0.178. The Morgan fingerprint density at radius 3 is 2.43 bits per heavy atom. The predicted molar refractivity (Wildman–Crippen MR) is 106 cm³/mol. The lowest BCUT2D eigenvalue weighted by Crippen LogP contribution is -2.29. The maximum absolute atomic E-state index is 12.3. The molecule has 0 unspecified atom stereocenters. The zero-order valence-electron chi connectivity index (χ0n) is 15.2. The van der Waals surface area contributed by atoms with Crippen LogP contribution in [-0.4, -0.2) is 43.6 Å². The van der Waals surface area contributed by atoms with E-state index in [4.69, 9.17) is 4.74 Å². The molecule has 0 atom stereocenters. The van der Waals surface area contributed by atoms with E-state index in [2.05, 4.69) is 30.3 Å². The number of nitrogens with one attached hydrogen (secondary N) is 3. The molecule has 0 spiro atoms. The van der Waals surface area contributed by atoms with Crippen LogP contribution in [0.25, 0.3) is 0 Å². The highest BCUT2D eigenvalue weighted by Gasteiger charge is 2.13. The molecule has 2 aromatic heterocycles. The van der Waals surface area contributed by atoms with Crippen LogP contribution in [0.2, 0.25) is 0 Å². The molecule has 2 heterocycles. The molecule has 0 saturated heterocycles. The molecule has 1 aromatic carbocycles. The van der Waals surface area contributed by atoms with E-state index >= 15 is 0 Å². The Morgan fingerprint density at radius 2 is 1.71 bits per heavy atom. The number of hydrogen-bond acceptors (Lipinski definition) is 8. The molecule has 0 aliphatic carbocycles. The van der Waals surface area contributed by atoms with Gasteiger partial charge in [-0.05, 0) is 36.4 Å². The van der Waals surface area contributed by atoms with Crippen LogP contribution in [-0.2, 0) is 10.0 Å². The Hall–Kier alpha value is -3.24. The monoisotopic (exact) mass is 400 g/mol. The fourth-order valence-electron chi connectivity index (χ4n) is 2.30. The number of aromatic nitrogens is 3. The quantitative estimate of drug-likeness (QED) is 0.467. The standard InChI is InChI=1S/C18H20N6O3S/c1-27-14-5-7-15(8-6-14)28(25,26)23-11-10-20-17-12-18(22-13-21-17)24-16-4-2-3-9-19-16/h2-9,12-13,23H,10-11H2,1H3,(H2,19,20,21,22,24). The van der Waals surface area contributed by atoms with E-state index in [1.807, 2.05) is 18.2 Å². The molecule has 28 heavy (non-hydrogen) atoms. The molecule has 146 valence electrons. The lowest BCUT2D eigenvalue weighted by Gasteiger charge is -2.10. The van der Waals surface area contributed by atoms with Gasteiger partial charge in [-0.3, -0.25) is 0 Å².